The fourth-order valence-corrected chi connectivity index (χ4v) is 2.33. The van der Waals surface area contributed by atoms with Crippen LogP contribution in [0.4, 0.5) is 0 Å². The Labute approximate surface area is 80.2 Å². The summed E-state index contributed by atoms with van der Waals surface area (Å²) in [4.78, 5) is 2.40. The van der Waals surface area contributed by atoms with Crippen molar-refractivity contribution in [2.24, 2.45) is 0 Å². The summed E-state index contributed by atoms with van der Waals surface area (Å²) in [5.74, 6) is 6.06. The number of nitrogens with zero attached hydrogens (tertiary/aromatic N) is 1. The first-order valence-corrected chi connectivity index (χ1v) is 5.11. The van der Waals surface area contributed by atoms with Crippen LogP contribution in [0.5, 0.6) is 0 Å². The third kappa shape index (κ3) is 1.87. The molecule has 2 saturated heterocycles. The molecule has 0 saturated carbocycles. The van der Waals surface area contributed by atoms with Gasteiger partial charge in [0.2, 0.25) is 0 Å². The average molecular weight is 179 g/mol. The highest BCUT2D eigenvalue weighted by Gasteiger charge is 2.41. The predicted octanol–water partition coefficient (Wildman–Crippen LogP) is 1.26. The van der Waals surface area contributed by atoms with Crippen molar-refractivity contribution in [3.8, 4) is 11.8 Å². The molecular weight excluding hydrogens is 162 g/mol. The van der Waals surface area contributed by atoms with Crippen molar-refractivity contribution < 1.29 is 4.74 Å². The number of hydrogen-bond donors (Lipinski definition) is 0. The summed E-state index contributed by atoms with van der Waals surface area (Å²) in [6, 6.07) is 0. The van der Waals surface area contributed by atoms with E-state index in [4.69, 9.17) is 4.74 Å². The van der Waals surface area contributed by atoms with Crippen LogP contribution < -0.4 is 0 Å². The first-order valence-electron chi connectivity index (χ1n) is 5.11. The smallest absolute Gasteiger partial charge is 0.0822 e. The van der Waals surface area contributed by atoms with Crippen molar-refractivity contribution in [1.82, 2.24) is 4.90 Å². The lowest BCUT2D eigenvalue weighted by Crippen LogP contribution is -2.32. The Bertz CT molecular complexity index is 232. The lowest BCUT2D eigenvalue weighted by Gasteiger charge is -2.22. The summed E-state index contributed by atoms with van der Waals surface area (Å²) >= 11 is 0. The largest absolute Gasteiger partial charge is 0.374 e. The van der Waals surface area contributed by atoms with Crippen molar-refractivity contribution in [1.29, 1.82) is 0 Å². The Kier molecular flexibility index (Phi) is 2.57. The first-order chi connectivity index (χ1) is 6.35. The molecule has 2 aliphatic rings. The maximum Gasteiger partial charge on any atom is 0.0822 e. The van der Waals surface area contributed by atoms with Gasteiger partial charge in [-0.25, -0.2) is 0 Å². The summed E-state index contributed by atoms with van der Waals surface area (Å²) < 4.78 is 5.82. The molecule has 0 radical (unpaired) electrons. The summed E-state index contributed by atoms with van der Waals surface area (Å²) in [6.45, 7) is 6.04. The Morgan fingerprint density at radius 2 is 2.38 bits per heavy atom. The Balaban J connectivity index is 1.88. The van der Waals surface area contributed by atoms with E-state index in [1.54, 1.807) is 0 Å². The van der Waals surface area contributed by atoms with Gasteiger partial charge in [-0.1, -0.05) is 5.92 Å². The molecule has 72 valence electrons. The van der Waals surface area contributed by atoms with Gasteiger partial charge >= 0.3 is 0 Å². The molecule has 2 heterocycles. The van der Waals surface area contributed by atoms with Crippen LogP contribution in [-0.2, 0) is 4.74 Å². The lowest BCUT2D eigenvalue weighted by molar-refractivity contribution is 0.0137. The highest BCUT2D eigenvalue weighted by atomic mass is 16.5. The minimum Gasteiger partial charge on any atom is -0.374 e. The molecule has 2 nitrogen and oxygen atoms in total. The van der Waals surface area contributed by atoms with E-state index in [9.17, 15) is 0 Å². The number of likely N-dealkylation sites (tertiary alicyclic amines) is 1. The van der Waals surface area contributed by atoms with E-state index in [1.807, 2.05) is 6.92 Å². The van der Waals surface area contributed by atoms with E-state index in [-0.39, 0.29) is 5.60 Å². The van der Waals surface area contributed by atoms with Crippen LogP contribution in [-0.4, -0.2) is 36.7 Å². The second-order valence-electron chi connectivity index (χ2n) is 4.02. The maximum atomic E-state index is 5.82. The Hall–Kier alpha value is -0.520. The fraction of sp³-hybridized carbons (Fsp3) is 0.818. The highest BCUT2D eigenvalue weighted by Crippen LogP contribution is 2.34. The van der Waals surface area contributed by atoms with Crippen LogP contribution >= 0.6 is 0 Å². The quantitative estimate of drug-likeness (QED) is 0.562. The molecule has 0 bridgehead atoms. The van der Waals surface area contributed by atoms with Gasteiger partial charge in [-0.15, -0.1) is 5.92 Å². The van der Waals surface area contributed by atoms with Gasteiger partial charge in [0.1, 0.15) is 0 Å². The van der Waals surface area contributed by atoms with Crippen LogP contribution in [0.2, 0.25) is 0 Å². The lowest BCUT2D eigenvalue weighted by atomic mass is 10.00. The van der Waals surface area contributed by atoms with Crippen LogP contribution in [0.15, 0.2) is 0 Å². The molecule has 0 aromatic heterocycles. The second-order valence-corrected chi connectivity index (χ2v) is 4.02. The number of rotatable bonds is 1. The third-order valence-corrected chi connectivity index (χ3v) is 3.06. The van der Waals surface area contributed by atoms with E-state index in [0.29, 0.717) is 0 Å². The minimum atomic E-state index is 0.218. The molecule has 0 amide bonds. The molecule has 1 spiro atoms. The molecule has 1 unspecified atom stereocenters. The average Bonchev–Trinajstić information content (AvgIpc) is 2.74. The summed E-state index contributed by atoms with van der Waals surface area (Å²) in [6.07, 6.45) is 3.70. The van der Waals surface area contributed by atoms with Gasteiger partial charge in [0.25, 0.3) is 0 Å². The van der Waals surface area contributed by atoms with Crippen molar-refractivity contribution in [2.45, 2.75) is 31.8 Å². The van der Waals surface area contributed by atoms with Crippen LogP contribution in [0.1, 0.15) is 26.2 Å². The molecule has 13 heavy (non-hydrogen) atoms. The van der Waals surface area contributed by atoms with E-state index in [2.05, 4.69) is 16.7 Å². The van der Waals surface area contributed by atoms with Crippen LogP contribution in [0.25, 0.3) is 0 Å². The van der Waals surface area contributed by atoms with Gasteiger partial charge in [-0.2, -0.15) is 0 Å². The van der Waals surface area contributed by atoms with Crippen molar-refractivity contribution >= 4 is 0 Å². The van der Waals surface area contributed by atoms with Crippen molar-refractivity contribution in [3.05, 3.63) is 0 Å². The SMILES string of the molecule is CC#CCN1CCC2(CCCO2)C1. The van der Waals surface area contributed by atoms with E-state index in [1.165, 1.54) is 19.3 Å². The van der Waals surface area contributed by atoms with Crippen LogP contribution in [0.3, 0.4) is 0 Å². The normalized spacial score (nSPS) is 33.6. The first kappa shape index (κ1) is 9.05. The molecule has 2 fully saturated rings. The molecule has 1 atom stereocenters. The highest BCUT2D eigenvalue weighted by molar-refractivity contribution is 5.02. The maximum absolute atomic E-state index is 5.82. The zero-order chi connectivity index (χ0) is 9.15. The van der Waals surface area contributed by atoms with Gasteiger partial charge in [-0.3, -0.25) is 4.90 Å². The van der Waals surface area contributed by atoms with Gasteiger partial charge in [0.05, 0.1) is 12.1 Å². The topological polar surface area (TPSA) is 12.5 Å². The molecular formula is C11H17NO. The number of ether oxygens (including phenoxy) is 1. The molecule has 0 N–H and O–H groups in total. The molecule has 0 aliphatic carbocycles. The summed E-state index contributed by atoms with van der Waals surface area (Å²) in [5.41, 5.74) is 0.218. The minimum absolute atomic E-state index is 0.218. The molecule has 2 rings (SSSR count). The van der Waals surface area contributed by atoms with E-state index in [0.717, 1.165) is 26.2 Å². The Morgan fingerprint density at radius 1 is 1.46 bits per heavy atom. The molecule has 2 heteroatoms. The standard InChI is InChI=1S/C11H17NO/c1-2-3-7-12-8-6-11(10-12)5-4-9-13-11/h4-10H2,1H3. The number of hydrogen-bond acceptors (Lipinski definition) is 2. The van der Waals surface area contributed by atoms with Gasteiger partial charge in [0.15, 0.2) is 0 Å². The third-order valence-electron chi connectivity index (χ3n) is 3.06. The molecule has 2 aliphatic heterocycles. The zero-order valence-corrected chi connectivity index (χ0v) is 8.31. The zero-order valence-electron chi connectivity index (χ0n) is 8.31. The monoisotopic (exact) mass is 179 g/mol. The summed E-state index contributed by atoms with van der Waals surface area (Å²) in [7, 11) is 0. The van der Waals surface area contributed by atoms with E-state index >= 15 is 0 Å². The Morgan fingerprint density at radius 3 is 3.08 bits per heavy atom. The summed E-state index contributed by atoms with van der Waals surface area (Å²) in [5, 5.41) is 0. The van der Waals surface area contributed by atoms with Crippen molar-refractivity contribution in [2.75, 3.05) is 26.2 Å². The molecule has 0 aromatic rings. The van der Waals surface area contributed by atoms with Gasteiger partial charge in [0, 0.05) is 19.7 Å². The van der Waals surface area contributed by atoms with Gasteiger partial charge in [-0.05, 0) is 26.2 Å². The predicted molar refractivity (Wildman–Crippen MR) is 52.4 cm³/mol. The van der Waals surface area contributed by atoms with E-state index < -0.39 is 0 Å². The van der Waals surface area contributed by atoms with Crippen LogP contribution in [0, 0.1) is 11.8 Å². The second kappa shape index (κ2) is 3.69. The molecule has 0 aromatic carbocycles. The fourth-order valence-electron chi connectivity index (χ4n) is 2.33. The van der Waals surface area contributed by atoms with Gasteiger partial charge < -0.3 is 4.74 Å². The van der Waals surface area contributed by atoms with Crippen molar-refractivity contribution in [3.63, 3.8) is 0 Å².